The van der Waals surface area contributed by atoms with Gasteiger partial charge >= 0.3 is 0 Å². The number of halogens is 1. The fourth-order valence-corrected chi connectivity index (χ4v) is 2.47. The zero-order valence-corrected chi connectivity index (χ0v) is 14.5. The second-order valence-corrected chi connectivity index (χ2v) is 6.01. The minimum Gasteiger partial charge on any atom is -0.419 e. The Labute approximate surface area is 149 Å². The minimum atomic E-state index is -0.249. The van der Waals surface area contributed by atoms with Crippen molar-refractivity contribution in [1.29, 1.82) is 0 Å². The van der Waals surface area contributed by atoms with Gasteiger partial charge in [0.15, 0.2) is 0 Å². The maximum absolute atomic E-state index is 12.6. The van der Waals surface area contributed by atoms with Crippen LogP contribution in [0.25, 0.3) is 11.5 Å². The van der Waals surface area contributed by atoms with E-state index in [2.05, 4.69) is 20.2 Å². The molecule has 0 fully saturated rings. The molecular formula is C17H16ClN5O2. The Morgan fingerprint density at radius 3 is 2.72 bits per heavy atom. The van der Waals surface area contributed by atoms with Gasteiger partial charge in [-0.2, -0.15) is 0 Å². The molecule has 0 saturated carbocycles. The van der Waals surface area contributed by atoms with Crippen molar-refractivity contribution in [3.05, 3.63) is 59.5 Å². The van der Waals surface area contributed by atoms with Gasteiger partial charge in [0.1, 0.15) is 5.69 Å². The van der Waals surface area contributed by atoms with Crippen LogP contribution in [0.1, 0.15) is 30.2 Å². The van der Waals surface area contributed by atoms with Gasteiger partial charge in [-0.3, -0.25) is 9.78 Å². The Kier molecular flexibility index (Phi) is 5.04. The predicted molar refractivity (Wildman–Crippen MR) is 91.8 cm³/mol. The average molecular weight is 358 g/mol. The zero-order valence-electron chi connectivity index (χ0n) is 13.8. The predicted octanol–water partition coefficient (Wildman–Crippen LogP) is 3.23. The first-order valence-electron chi connectivity index (χ1n) is 7.70. The molecule has 25 heavy (non-hydrogen) atoms. The molecule has 3 aromatic rings. The van der Waals surface area contributed by atoms with Crippen LogP contribution in [-0.4, -0.2) is 37.0 Å². The van der Waals surface area contributed by atoms with Crippen molar-refractivity contribution in [3.63, 3.8) is 0 Å². The number of amides is 1. The van der Waals surface area contributed by atoms with Crippen molar-refractivity contribution in [2.45, 2.75) is 26.4 Å². The zero-order chi connectivity index (χ0) is 17.8. The smallest absolute Gasteiger partial charge is 0.274 e. The number of rotatable bonds is 5. The lowest BCUT2D eigenvalue weighted by atomic mass is 10.2. The van der Waals surface area contributed by atoms with Gasteiger partial charge in [-0.1, -0.05) is 23.7 Å². The second-order valence-electron chi connectivity index (χ2n) is 5.60. The Balaban J connectivity index is 1.82. The fraction of sp³-hybridized carbons (Fsp3) is 0.235. The largest absolute Gasteiger partial charge is 0.419 e. The summed E-state index contributed by atoms with van der Waals surface area (Å²) in [6.07, 6.45) is 4.43. The summed E-state index contributed by atoms with van der Waals surface area (Å²) < 4.78 is 5.68. The molecule has 128 valence electrons. The number of carbonyl (C=O) groups excluding carboxylic acids is 1. The van der Waals surface area contributed by atoms with Crippen LogP contribution < -0.4 is 0 Å². The van der Waals surface area contributed by atoms with Crippen LogP contribution >= 0.6 is 11.6 Å². The first-order valence-corrected chi connectivity index (χ1v) is 8.08. The lowest BCUT2D eigenvalue weighted by molar-refractivity contribution is 0.0666. The molecule has 3 rings (SSSR count). The van der Waals surface area contributed by atoms with Gasteiger partial charge in [0, 0.05) is 18.4 Å². The highest BCUT2D eigenvalue weighted by Crippen LogP contribution is 2.26. The van der Waals surface area contributed by atoms with E-state index in [0.717, 1.165) is 0 Å². The molecule has 0 aliphatic carbocycles. The van der Waals surface area contributed by atoms with E-state index in [4.69, 9.17) is 16.0 Å². The van der Waals surface area contributed by atoms with Crippen molar-refractivity contribution in [1.82, 2.24) is 25.1 Å². The van der Waals surface area contributed by atoms with Crippen molar-refractivity contribution < 1.29 is 9.21 Å². The lowest BCUT2D eigenvalue weighted by Gasteiger charge is -2.24. The summed E-state index contributed by atoms with van der Waals surface area (Å²) in [5, 5.41) is 8.57. The molecular weight excluding hydrogens is 342 g/mol. The Morgan fingerprint density at radius 1 is 1.24 bits per heavy atom. The van der Waals surface area contributed by atoms with Gasteiger partial charge in [-0.15, -0.1) is 10.2 Å². The van der Waals surface area contributed by atoms with E-state index < -0.39 is 0 Å². The highest BCUT2D eigenvalue weighted by molar-refractivity contribution is 6.33. The summed E-state index contributed by atoms with van der Waals surface area (Å²) >= 11 is 6.15. The van der Waals surface area contributed by atoms with E-state index in [-0.39, 0.29) is 24.2 Å². The summed E-state index contributed by atoms with van der Waals surface area (Å²) in [7, 11) is 0. The highest BCUT2D eigenvalue weighted by Gasteiger charge is 2.23. The molecule has 0 spiro atoms. The highest BCUT2D eigenvalue weighted by atomic mass is 35.5. The van der Waals surface area contributed by atoms with Crippen molar-refractivity contribution in [3.8, 4) is 11.5 Å². The third-order valence-corrected chi connectivity index (χ3v) is 3.87. The number of aromatic nitrogens is 4. The molecule has 0 saturated heterocycles. The summed E-state index contributed by atoms with van der Waals surface area (Å²) in [6.45, 7) is 3.98. The van der Waals surface area contributed by atoms with Gasteiger partial charge in [0.2, 0.25) is 11.8 Å². The molecule has 0 unspecified atom stereocenters. The molecule has 0 aliphatic rings. The standard InChI is InChI=1S/C17H16ClN5O2/c1-11(2)23(17(24)14-9-19-7-8-20-14)10-15-21-22-16(25-15)12-5-3-4-6-13(12)18/h3-9,11H,10H2,1-2H3. The van der Waals surface area contributed by atoms with E-state index in [0.29, 0.717) is 22.4 Å². The molecule has 0 radical (unpaired) electrons. The first kappa shape index (κ1) is 17.0. The van der Waals surface area contributed by atoms with Crippen molar-refractivity contribution >= 4 is 17.5 Å². The van der Waals surface area contributed by atoms with Gasteiger partial charge in [-0.25, -0.2) is 4.98 Å². The Hall–Kier alpha value is -2.80. The number of nitrogens with zero attached hydrogens (tertiary/aromatic N) is 5. The molecule has 0 atom stereocenters. The normalized spacial score (nSPS) is 10.9. The van der Waals surface area contributed by atoms with Crippen LogP contribution in [0.4, 0.5) is 0 Å². The van der Waals surface area contributed by atoms with Crippen LogP contribution in [0.3, 0.4) is 0 Å². The molecule has 2 heterocycles. The number of carbonyl (C=O) groups is 1. The van der Waals surface area contributed by atoms with Crippen LogP contribution in [0.15, 0.2) is 47.3 Å². The van der Waals surface area contributed by atoms with E-state index in [9.17, 15) is 4.79 Å². The molecule has 2 aromatic heterocycles. The third kappa shape index (κ3) is 3.83. The topological polar surface area (TPSA) is 85.0 Å². The van der Waals surface area contributed by atoms with E-state index in [1.807, 2.05) is 26.0 Å². The molecule has 7 nitrogen and oxygen atoms in total. The van der Waals surface area contributed by atoms with E-state index in [1.54, 1.807) is 17.0 Å². The number of hydrogen-bond donors (Lipinski definition) is 0. The summed E-state index contributed by atoms with van der Waals surface area (Å²) in [5.41, 5.74) is 0.918. The van der Waals surface area contributed by atoms with Gasteiger partial charge < -0.3 is 9.32 Å². The SMILES string of the molecule is CC(C)N(Cc1nnc(-c2ccccc2Cl)o1)C(=O)c1cnccn1. The van der Waals surface area contributed by atoms with Crippen LogP contribution in [0.2, 0.25) is 5.02 Å². The maximum atomic E-state index is 12.6. The minimum absolute atomic E-state index is 0.0785. The molecule has 1 amide bonds. The number of benzene rings is 1. The van der Waals surface area contributed by atoms with Gasteiger partial charge in [-0.05, 0) is 26.0 Å². The second kappa shape index (κ2) is 7.40. The lowest BCUT2D eigenvalue weighted by Crippen LogP contribution is -2.37. The fourth-order valence-electron chi connectivity index (χ4n) is 2.25. The summed E-state index contributed by atoms with van der Waals surface area (Å²) in [5.74, 6) is 0.387. The van der Waals surface area contributed by atoms with Crippen LogP contribution in [0.5, 0.6) is 0 Å². The summed E-state index contributed by atoms with van der Waals surface area (Å²) in [6, 6.07) is 7.13. The molecule has 8 heteroatoms. The number of hydrogen-bond acceptors (Lipinski definition) is 6. The molecule has 0 N–H and O–H groups in total. The van der Waals surface area contributed by atoms with E-state index >= 15 is 0 Å². The van der Waals surface area contributed by atoms with Crippen LogP contribution in [0, 0.1) is 0 Å². The maximum Gasteiger partial charge on any atom is 0.274 e. The Morgan fingerprint density at radius 2 is 2.04 bits per heavy atom. The molecule has 0 aliphatic heterocycles. The van der Waals surface area contributed by atoms with Crippen molar-refractivity contribution in [2.24, 2.45) is 0 Å². The Bertz CT molecular complexity index is 866. The van der Waals surface area contributed by atoms with Gasteiger partial charge in [0.25, 0.3) is 5.91 Å². The average Bonchev–Trinajstić information content (AvgIpc) is 3.08. The first-order chi connectivity index (χ1) is 12.1. The molecule has 0 bridgehead atoms. The third-order valence-electron chi connectivity index (χ3n) is 3.54. The van der Waals surface area contributed by atoms with Gasteiger partial charge in [0.05, 0.1) is 23.3 Å². The van der Waals surface area contributed by atoms with Crippen LogP contribution in [-0.2, 0) is 6.54 Å². The van der Waals surface area contributed by atoms with Crippen molar-refractivity contribution in [2.75, 3.05) is 0 Å². The summed E-state index contributed by atoms with van der Waals surface area (Å²) in [4.78, 5) is 22.2. The monoisotopic (exact) mass is 357 g/mol. The molecule has 1 aromatic carbocycles. The quantitative estimate of drug-likeness (QED) is 0.697. The van der Waals surface area contributed by atoms with E-state index in [1.165, 1.54) is 18.6 Å².